The van der Waals surface area contributed by atoms with Crippen molar-refractivity contribution in [1.82, 2.24) is 0 Å². The fourth-order valence-electron chi connectivity index (χ4n) is 0.916. The monoisotopic (exact) mass is 170 g/mol. The lowest BCUT2D eigenvalue weighted by atomic mass is 9.93. The number of hydrogen-bond donors (Lipinski definition) is 0. The number of methoxy groups -OCH3 is 1. The summed E-state index contributed by atoms with van der Waals surface area (Å²) in [6.45, 7) is 9.31. The molecular weight excluding hydrogens is 152 g/mol. The molecule has 0 saturated heterocycles. The lowest BCUT2D eigenvalue weighted by Gasteiger charge is -2.24. The first-order valence-electron chi connectivity index (χ1n) is 4.19. The predicted octanol–water partition coefficient (Wildman–Crippen LogP) is 2.34. The molecule has 0 fully saturated rings. The van der Waals surface area contributed by atoms with Crippen molar-refractivity contribution < 1.29 is 9.53 Å². The van der Waals surface area contributed by atoms with Crippen molar-refractivity contribution in [3.63, 3.8) is 0 Å². The predicted molar refractivity (Wildman–Crippen MR) is 50.1 cm³/mol. The number of Topliss-reactive ketones (excluding diaryl/α,β-unsaturated/α-hetero) is 1. The molecule has 0 radical (unpaired) electrons. The Labute approximate surface area is 74.6 Å². The number of rotatable bonds is 5. The van der Waals surface area contributed by atoms with Gasteiger partial charge in [0.1, 0.15) is 5.60 Å². The zero-order valence-electron chi connectivity index (χ0n) is 8.44. The summed E-state index contributed by atoms with van der Waals surface area (Å²) in [6.07, 6.45) is 1.12. The highest BCUT2D eigenvalue weighted by atomic mass is 16.5. The van der Waals surface area contributed by atoms with Crippen LogP contribution in [0.2, 0.25) is 0 Å². The Morgan fingerprint density at radius 3 is 2.33 bits per heavy atom. The van der Waals surface area contributed by atoms with Gasteiger partial charge in [-0.15, -0.1) is 0 Å². The normalized spacial score (nSPS) is 15.3. The molecule has 0 aromatic carbocycles. The summed E-state index contributed by atoms with van der Waals surface area (Å²) in [6, 6.07) is 0. The Balaban J connectivity index is 4.32. The molecule has 0 bridgehead atoms. The van der Waals surface area contributed by atoms with Gasteiger partial charge in [0.25, 0.3) is 0 Å². The molecule has 0 saturated carbocycles. The van der Waals surface area contributed by atoms with Crippen LogP contribution in [0.1, 0.15) is 33.6 Å². The molecule has 0 aromatic heterocycles. The minimum absolute atomic E-state index is 0.111. The van der Waals surface area contributed by atoms with Crippen LogP contribution in [0.5, 0.6) is 0 Å². The van der Waals surface area contributed by atoms with Gasteiger partial charge in [-0.25, -0.2) is 0 Å². The number of ether oxygens (including phenoxy) is 1. The Kier molecular flexibility index (Phi) is 4.18. The van der Waals surface area contributed by atoms with Gasteiger partial charge in [0, 0.05) is 13.5 Å². The highest BCUT2D eigenvalue weighted by Crippen LogP contribution is 2.18. The minimum atomic E-state index is -0.626. The van der Waals surface area contributed by atoms with E-state index in [0.29, 0.717) is 12.8 Å². The van der Waals surface area contributed by atoms with E-state index in [0.717, 1.165) is 5.57 Å². The first kappa shape index (κ1) is 11.4. The Hall–Kier alpha value is -0.630. The minimum Gasteiger partial charge on any atom is -0.371 e. The fourth-order valence-corrected chi connectivity index (χ4v) is 0.916. The molecule has 70 valence electrons. The molecule has 12 heavy (non-hydrogen) atoms. The zero-order valence-corrected chi connectivity index (χ0v) is 8.44. The van der Waals surface area contributed by atoms with E-state index in [1.54, 1.807) is 7.11 Å². The van der Waals surface area contributed by atoms with E-state index in [9.17, 15) is 4.79 Å². The van der Waals surface area contributed by atoms with Gasteiger partial charge in [-0.2, -0.15) is 0 Å². The van der Waals surface area contributed by atoms with Gasteiger partial charge in [0.2, 0.25) is 0 Å². The standard InChI is InChI=1S/C10H18O2/c1-6-10(4,12-5)9(11)7-8(2)3/h2,6-7H2,1,3-5H3. The molecule has 0 aliphatic heterocycles. The van der Waals surface area contributed by atoms with Gasteiger partial charge in [0.15, 0.2) is 5.78 Å². The number of hydrogen-bond acceptors (Lipinski definition) is 2. The van der Waals surface area contributed by atoms with Crippen LogP contribution < -0.4 is 0 Å². The van der Waals surface area contributed by atoms with Crippen molar-refractivity contribution >= 4 is 5.78 Å². The average Bonchev–Trinajstić information content (AvgIpc) is 2.02. The van der Waals surface area contributed by atoms with Crippen LogP contribution in [0.4, 0.5) is 0 Å². The molecule has 0 heterocycles. The topological polar surface area (TPSA) is 26.3 Å². The van der Waals surface area contributed by atoms with Crippen molar-refractivity contribution in [2.45, 2.75) is 39.2 Å². The molecule has 0 aliphatic carbocycles. The number of ketones is 1. The quantitative estimate of drug-likeness (QED) is 0.592. The molecule has 0 rings (SSSR count). The van der Waals surface area contributed by atoms with Crippen molar-refractivity contribution in [2.75, 3.05) is 7.11 Å². The van der Waals surface area contributed by atoms with E-state index in [2.05, 4.69) is 6.58 Å². The van der Waals surface area contributed by atoms with Gasteiger partial charge in [-0.05, 0) is 20.3 Å². The molecule has 2 nitrogen and oxygen atoms in total. The number of carbonyl (C=O) groups is 1. The molecule has 0 spiro atoms. The largest absolute Gasteiger partial charge is 0.371 e. The number of allylic oxidation sites excluding steroid dienone is 1. The second-order valence-electron chi connectivity index (χ2n) is 3.35. The zero-order chi connectivity index (χ0) is 9.78. The molecule has 1 unspecified atom stereocenters. The summed E-state index contributed by atoms with van der Waals surface area (Å²) in [5.74, 6) is 0.111. The highest BCUT2D eigenvalue weighted by Gasteiger charge is 2.29. The lowest BCUT2D eigenvalue weighted by molar-refractivity contribution is -0.138. The van der Waals surface area contributed by atoms with Gasteiger partial charge < -0.3 is 4.74 Å². The van der Waals surface area contributed by atoms with Crippen LogP contribution in [0.25, 0.3) is 0 Å². The first-order valence-corrected chi connectivity index (χ1v) is 4.19. The smallest absolute Gasteiger partial charge is 0.168 e. The second-order valence-corrected chi connectivity index (χ2v) is 3.35. The van der Waals surface area contributed by atoms with E-state index >= 15 is 0 Å². The van der Waals surface area contributed by atoms with E-state index in [1.807, 2.05) is 20.8 Å². The summed E-state index contributed by atoms with van der Waals surface area (Å²) >= 11 is 0. The first-order chi connectivity index (χ1) is 5.46. The van der Waals surface area contributed by atoms with E-state index in [4.69, 9.17) is 4.74 Å². The van der Waals surface area contributed by atoms with Gasteiger partial charge in [-0.3, -0.25) is 4.79 Å². The third-order valence-corrected chi connectivity index (χ3v) is 2.18. The molecule has 0 amide bonds. The van der Waals surface area contributed by atoms with Gasteiger partial charge in [0.05, 0.1) is 0 Å². The van der Waals surface area contributed by atoms with Crippen molar-refractivity contribution in [3.8, 4) is 0 Å². The second kappa shape index (κ2) is 4.41. The number of carbonyl (C=O) groups excluding carboxylic acids is 1. The molecule has 0 aromatic rings. The third kappa shape index (κ3) is 2.78. The van der Waals surface area contributed by atoms with Crippen LogP contribution in [-0.2, 0) is 9.53 Å². The fraction of sp³-hybridized carbons (Fsp3) is 0.700. The van der Waals surface area contributed by atoms with E-state index < -0.39 is 5.60 Å². The summed E-state index contributed by atoms with van der Waals surface area (Å²) in [5.41, 5.74) is 0.260. The van der Waals surface area contributed by atoms with E-state index in [1.165, 1.54) is 0 Å². The van der Waals surface area contributed by atoms with Crippen LogP contribution in [-0.4, -0.2) is 18.5 Å². The van der Waals surface area contributed by atoms with Crippen molar-refractivity contribution in [3.05, 3.63) is 12.2 Å². The van der Waals surface area contributed by atoms with Gasteiger partial charge >= 0.3 is 0 Å². The Morgan fingerprint density at radius 2 is 2.08 bits per heavy atom. The van der Waals surface area contributed by atoms with Crippen molar-refractivity contribution in [1.29, 1.82) is 0 Å². The van der Waals surface area contributed by atoms with Crippen LogP contribution in [0.15, 0.2) is 12.2 Å². The SMILES string of the molecule is C=C(C)CC(=O)C(C)(CC)OC. The molecule has 0 N–H and O–H groups in total. The maximum absolute atomic E-state index is 11.6. The third-order valence-electron chi connectivity index (χ3n) is 2.18. The maximum atomic E-state index is 11.6. The molecule has 0 aliphatic rings. The highest BCUT2D eigenvalue weighted by molar-refractivity contribution is 5.88. The molecule has 1 atom stereocenters. The molecule has 2 heteroatoms. The van der Waals surface area contributed by atoms with E-state index in [-0.39, 0.29) is 5.78 Å². The summed E-state index contributed by atoms with van der Waals surface area (Å²) < 4.78 is 5.16. The average molecular weight is 170 g/mol. The van der Waals surface area contributed by atoms with Gasteiger partial charge in [-0.1, -0.05) is 19.1 Å². The summed E-state index contributed by atoms with van der Waals surface area (Å²) in [5, 5.41) is 0. The Morgan fingerprint density at radius 1 is 1.58 bits per heavy atom. The van der Waals surface area contributed by atoms with Crippen molar-refractivity contribution in [2.24, 2.45) is 0 Å². The maximum Gasteiger partial charge on any atom is 0.168 e. The Bertz CT molecular complexity index is 178. The summed E-state index contributed by atoms with van der Waals surface area (Å²) in [4.78, 5) is 11.6. The van der Waals surface area contributed by atoms with Crippen LogP contribution in [0, 0.1) is 0 Å². The van der Waals surface area contributed by atoms with Crippen LogP contribution >= 0.6 is 0 Å². The van der Waals surface area contributed by atoms with Crippen LogP contribution in [0.3, 0.4) is 0 Å². The molecular formula is C10H18O2. The lowest BCUT2D eigenvalue weighted by Crippen LogP contribution is -2.36. The summed E-state index contributed by atoms with van der Waals surface area (Å²) in [7, 11) is 1.57.